The molecule has 8 heteroatoms. The molecule has 4 rings (SSSR count). The van der Waals surface area contributed by atoms with Crippen LogP contribution in [0.5, 0.6) is 5.75 Å². The SMILES string of the molecule is O=C(Nc1ccc(OC2CCCCC2O)cc1)c1ncn(C2CCCNC2)n1. The molecular weight excluding hydrogens is 358 g/mol. The summed E-state index contributed by atoms with van der Waals surface area (Å²) < 4.78 is 7.66. The number of hydrogen-bond donors (Lipinski definition) is 3. The van der Waals surface area contributed by atoms with E-state index in [0.717, 1.165) is 51.6 Å². The fourth-order valence-electron chi connectivity index (χ4n) is 3.81. The van der Waals surface area contributed by atoms with E-state index in [1.54, 1.807) is 35.3 Å². The molecule has 150 valence electrons. The number of amides is 1. The molecule has 0 radical (unpaired) electrons. The van der Waals surface area contributed by atoms with E-state index in [1.807, 2.05) is 0 Å². The van der Waals surface area contributed by atoms with Crippen LogP contribution in [-0.4, -0.2) is 51.1 Å². The molecule has 1 saturated heterocycles. The van der Waals surface area contributed by atoms with Crippen LogP contribution >= 0.6 is 0 Å². The van der Waals surface area contributed by atoms with Gasteiger partial charge in [0.15, 0.2) is 0 Å². The number of carbonyl (C=O) groups is 1. The third-order valence-corrected chi connectivity index (χ3v) is 5.42. The molecule has 1 aliphatic carbocycles. The molecule has 28 heavy (non-hydrogen) atoms. The standard InChI is InChI=1S/C20H27N5O3/c26-17-5-1-2-6-18(17)28-16-9-7-14(8-10-16)23-20(27)19-22-13-25(24-19)15-4-3-11-21-12-15/h7-10,13,15,17-18,21,26H,1-6,11-12H2,(H,23,27). The van der Waals surface area contributed by atoms with Crippen molar-refractivity contribution in [2.75, 3.05) is 18.4 Å². The fraction of sp³-hybridized carbons (Fsp3) is 0.550. The number of anilines is 1. The zero-order valence-corrected chi connectivity index (χ0v) is 15.9. The summed E-state index contributed by atoms with van der Waals surface area (Å²) in [7, 11) is 0. The maximum absolute atomic E-state index is 12.4. The van der Waals surface area contributed by atoms with E-state index in [2.05, 4.69) is 20.7 Å². The van der Waals surface area contributed by atoms with Gasteiger partial charge in [-0.2, -0.15) is 0 Å². The van der Waals surface area contributed by atoms with E-state index >= 15 is 0 Å². The van der Waals surface area contributed by atoms with Gasteiger partial charge < -0.3 is 20.5 Å². The fourth-order valence-corrected chi connectivity index (χ4v) is 3.81. The topological polar surface area (TPSA) is 101 Å². The van der Waals surface area contributed by atoms with E-state index in [9.17, 15) is 9.90 Å². The van der Waals surface area contributed by atoms with Crippen molar-refractivity contribution in [2.45, 2.75) is 56.8 Å². The molecule has 0 bridgehead atoms. The Morgan fingerprint density at radius 2 is 2.00 bits per heavy atom. The number of rotatable bonds is 5. The van der Waals surface area contributed by atoms with Gasteiger partial charge in [0.2, 0.25) is 5.82 Å². The number of aromatic nitrogens is 3. The van der Waals surface area contributed by atoms with Crippen LogP contribution in [0.4, 0.5) is 5.69 Å². The van der Waals surface area contributed by atoms with Crippen LogP contribution in [0.15, 0.2) is 30.6 Å². The molecule has 1 aliphatic heterocycles. The molecule has 3 N–H and O–H groups in total. The predicted molar refractivity (Wildman–Crippen MR) is 104 cm³/mol. The molecular formula is C20H27N5O3. The second-order valence-corrected chi connectivity index (χ2v) is 7.53. The van der Waals surface area contributed by atoms with Gasteiger partial charge in [0, 0.05) is 12.2 Å². The zero-order chi connectivity index (χ0) is 19.3. The highest BCUT2D eigenvalue weighted by Crippen LogP contribution is 2.25. The van der Waals surface area contributed by atoms with Crippen LogP contribution in [0.1, 0.15) is 55.2 Å². The predicted octanol–water partition coefficient (Wildman–Crippen LogP) is 2.14. The normalized spacial score (nSPS) is 25.2. The van der Waals surface area contributed by atoms with Gasteiger partial charge in [-0.15, -0.1) is 5.10 Å². The Bertz CT molecular complexity index is 785. The monoisotopic (exact) mass is 385 g/mol. The van der Waals surface area contributed by atoms with Crippen molar-refractivity contribution in [2.24, 2.45) is 0 Å². The van der Waals surface area contributed by atoms with E-state index < -0.39 is 6.10 Å². The molecule has 8 nitrogen and oxygen atoms in total. The highest BCUT2D eigenvalue weighted by molar-refractivity contribution is 6.01. The molecule has 2 heterocycles. The summed E-state index contributed by atoms with van der Waals surface area (Å²) in [6, 6.07) is 7.41. The smallest absolute Gasteiger partial charge is 0.295 e. The van der Waals surface area contributed by atoms with Gasteiger partial charge in [0.1, 0.15) is 18.2 Å². The van der Waals surface area contributed by atoms with Crippen LogP contribution in [0, 0.1) is 0 Å². The Hall–Kier alpha value is -2.45. The van der Waals surface area contributed by atoms with Gasteiger partial charge in [0.05, 0.1) is 12.1 Å². The minimum absolute atomic E-state index is 0.156. The van der Waals surface area contributed by atoms with Crippen LogP contribution < -0.4 is 15.4 Å². The Kier molecular flexibility index (Phi) is 5.87. The van der Waals surface area contributed by atoms with Crippen LogP contribution in [0.25, 0.3) is 0 Å². The number of hydrogen-bond acceptors (Lipinski definition) is 6. The second-order valence-electron chi connectivity index (χ2n) is 7.53. The lowest BCUT2D eigenvalue weighted by Crippen LogP contribution is -2.34. The van der Waals surface area contributed by atoms with E-state index in [1.165, 1.54) is 0 Å². The maximum Gasteiger partial charge on any atom is 0.295 e. The molecule has 1 saturated carbocycles. The third kappa shape index (κ3) is 4.51. The van der Waals surface area contributed by atoms with Crippen LogP contribution in [-0.2, 0) is 0 Å². The van der Waals surface area contributed by atoms with E-state index in [0.29, 0.717) is 11.4 Å². The Labute approximate surface area is 164 Å². The zero-order valence-electron chi connectivity index (χ0n) is 15.9. The Balaban J connectivity index is 1.33. The third-order valence-electron chi connectivity index (χ3n) is 5.42. The Morgan fingerprint density at radius 3 is 2.75 bits per heavy atom. The summed E-state index contributed by atoms with van der Waals surface area (Å²) in [5.41, 5.74) is 0.650. The van der Waals surface area contributed by atoms with Gasteiger partial charge in [-0.05, 0) is 62.9 Å². The maximum atomic E-state index is 12.4. The molecule has 1 aromatic heterocycles. The van der Waals surface area contributed by atoms with Crippen molar-refractivity contribution in [3.8, 4) is 5.75 Å². The van der Waals surface area contributed by atoms with Crippen molar-refractivity contribution in [3.05, 3.63) is 36.4 Å². The molecule has 2 aromatic rings. The first-order chi connectivity index (χ1) is 13.7. The van der Waals surface area contributed by atoms with Crippen molar-refractivity contribution in [3.63, 3.8) is 0 Å². The minimum atomic E-state index is -0.409. The van der Waals surface area contributed by atoms with Crippen LogP contribution in [0.3, 0.4) is 0 Å². The van der Waals surface area contributed by atoms with Gasteiger partial charge in [-0.3, -0.25) is 4.79 Å². The molecule has 2 fully saturated rings. The first-order valence-corrected chi connectivity index (χ1v) is 10.1. The number of nitrogens with zero attached hydrogens (tertiary/aromatic N) is 3. The van der Waals surface area contributed by atoms with Crippen molar-refractivity contribution >= 4 is 11.6 Å². The summed E-state index contributed by atoms with van der Waals surface area (Å²) in [6.45, 7) is 1.87. The summed E-state index contributed by atoms with van der Waals surface area (Å²) in [6.07, 6.45) is 6.97. The minimum Gasteiger partial charge on any atom is -0.488 e. The van der Waals surface area contributed by atoms with Crippen molar-refractivity contribution < 1.29 is 14.6 Å². The lowest BCUT2D eigenvalue weighted by molar-refractivity contribution is 0.00688. The summed E-state index contributed by atoms with van der Waals surface area (Å²) >= 11 is 0. The van der Waals surface area contributed by atoms with Gasteiger partial charge >= 0.3 is 0 Å². The number of aliphatic hydroxyl groups is 1. The highest BCUT2D eigenvalue weighted by atomic mass is 16.5. The van der Waals surface area contributed by atoms with Crippen molar-refractivity contribution in [1.29, 1.82) is 0 Å². The van der Waals surface area contributed by atoms with Gasteiger partial charge in [-0.25, -0.2) is 9.67 Å². The lowest BCUT2D eigenvalue weighted by Gasteiger charge is -2.28. The quantitative estimate of drug-likeness (QED) is 0.729. The number of ether oxygens (including phenoxy) is 1. The summed E-state index contributed by atoms with van der Waals surface area (Å²) in [5, 5.41) is 20.5. The molecule has 1 amide bonds. The largest absolute Gasteiger partial charge is 0.488 e. The Morgan fingerprint density at radius 1 is 1.18 bits per heavy atom. The van der Waals surface area contributed by atoms with Gasteiger partial charge in [-0.1, -0.05) is 6.42 Å². The molecule has 3 atom stereocenters. The second kappa shape index (κ2) is 8.70. The van der Waals surface area contributed by atoms with E-state index in [-0.39, 0.29) is 23.9 Å². The number of piperidine rings is 1. The lowest BCUT2D eigenvalue weighted by atomic mass is 9.95. The number of benzene rings is 1. The van der Waals surface area contributed by atoms with Gasteiger partial charge in [0.25, 0.3) is 5.91 Å². The molecule has 1 aromatic carbocycles. The first kappa shape index (κ1) is 18.9. The summed E-state index contributed by atoms with van der Waals surface area (Å²) in [4.78, 5) is 16.6. The average molecular weight is 385 g/mol. The highest BCUT2D eigenvalue weighted by Gasteiger charge is 2.24. The van der Waals surface area contributed by atoms with Crippen LogP contribution in [0.2, 0.25) is 0 Å². The number of carbonyl (C=O) groups excluding carboxylic acids is 1. The molecule has 2 aliphatic rings. The number of aliphatic hydroxyl groups excluding tert-OH is 1. The average Bonchev–Trinajstić information content (AvgIpc) is 3.22. The molecule has 0 spiro atoms. The van der Waals surface area contributed by atoms with Crippen molar-refractivity contribution in [1.82, 2.24) is 20.1 Å². The summed E-state index contributed by atoms with van der Waals surface area (Å²) in [5.74, 6) is 0.520. The number of nitrogens with one attached hydrogen (secondary N) is 2. The first-order valence-electron chi connectivity index (χ1n) is 10.1. The van der Waals surface area contributed by atoms with E-state index in [4.69, 9.17) is 4.74 Å². The molecule has 3 unspecified atom stereocenters.